The van der Waals surface area contributed by atoms with Crippen LogP contribution in [0.3, 0.4) is 0 Å². The molecule has 1 N–H and O–H groups in total. The van der Waals surface area contributed by atoms with Crippen LogP contribution in [0.5, 0.6) is 17.2 Å². The summed E-state index contributed by atoms with van der Waals surface area (Å²) in [5.41, 5.74) is 1.35. The highest BCUT2D eigenvalue weighted by molar-refractivity contribution is 5.45. The van der Waals surface area contributed by atoms with Crippen molar-refractivity contribution in [1.29, 1.82) is 5.26 Å². The fraction of sp³-hybridized carbons (Fsp3) is 0.238. The highest BCUT2D eigenvalue weighted by Crippen LogP contribution is 2.27. The predicted molar refractivity (Wildman–Crippen MR) is 104 cm³/mol. The van der Waals surface area contributed by atoms with Crippen molar-refractivity contribution in [1.82, 2.24) is 4.98 Å². The zero-order valence-electron chi connectivity index (χ0n) is 15.8. The number of rotatable bonds is 9. The molecule has 0 radical (unpaired) electrons. The average molecular weight is 379 g/mol. The first-order valence-electron chi connectivity index (χ1n) is 8.76. The van der Waals surface area contributed by atoms with Gasteiger partial charge in [-0.1, -0.05) is 24.3 Å². The van der Waals surface area contributed by atoms with E-state index in [2.05, 4.69) is 10.3 Å². The number of ether oxygens (including phenoxy) is 3. The average Bonchev–Trinajstić information content (AvgIpc) is 3.15. The molecule has 0 aliphatic rings. The van der Waals surface area contributed by atoms with Crippen LogP contribution >= 0.6 is 0 Å². The molecular weight excluding hydrogens is 358 g/mol. The van der Waals surface area contributed by atoms with Gasteiger partial charge in [-0.05, 0) is 36.2 Å². The maximum atomic E-state index is 9.29. The van der Waals surface area contributed by atoms with Gasteiger partial charge < -0.3 is 23.9 Å². The van der Waals surface area contributed by atoms with E-state index in [9.17, 15) is 5.26 Å². The summed E-state index contributed by atoms with van der Waals surface area (Å²) >= 11 is 0. The molecule has 0 atom stereocenters. The molecule has 3 aromatic rings. The van der Waals surface area contributed by atoms with E-state index in [1.54, 1.807) is 26.4 Å². The quantitative estimate of drug-likeness (QED) is 0.605. The Labute approximate surface area is 163 Å². The van der Waals surface area contributed by atoms with Crippen LogP contribution in [0.15, 0.2) is 52.9 Å². The van der Waals surface area contributed by atoms with E-state index in [4.69, 9.17) is 18.6 Å². The summed E-state index contributed by atoms with van der Waals surface area (Å²) in [6, 6.07) is 17.2. The molecule has 1 aromatic heterocycles. The standard InChI is InChI=1S/C21H21N3O4/c1-25-16-9-7-15(8-10-16)11-12-23-21-17(13-22)24-20(28-21)14-27-19-6-4-3-5-18(19)26-2/h3-10,23H,11-12,14H2,1-2H3. The summed E-state index contributed by atoms with van der Waals surface area (Å²) in [7, 11) is 3.21. The Kier molecular flexibility index (Phi) is 6.37. The van der Waals surface area contributed by atoms with E-state index in [0.717, 1.165) is 17.7 Å². The predicted octanol–water partition coefficient (Wildman–Crippen LogP) is 3.80. The molecule has 0 unspecified atom stereocenters. The molecule has 0 aliphatic heterocycles. The molecule has 7 heteroatoms. The van der Waals surface area contributed by atoms with Crippen molar-refractivity contribution in [2.45, 2.75) is 13.0 Å². The van der Waals surface area contributed by atoms with E-state index in [-0.39, 0.29) is 12.3 Å². The SMILES string of the molecule is COc1ccc(CCNc2oc(COc3ccccc3OC)nc2C#N)cc1. The second-order valence-electron chi connectivity index (χ2n) is 5.86. The van der Waals surface area contributed by atoms with Crippen LogP contribution < -0.4 is 19.5 Å². The van der Waals surface area contributed by atoms with Crippen molar-refractivity contribution < 1.29 is 18.6 Å². The molecule has 3 rings (SSSR count). The Balaban J connectivity index is 1.58. The first kappa shape index (κ1) is 19.1. The molecule has 0 spiro atoms. The number of methoxy groups -OCH3 is 2. The Bertz CT molecular complexity index is 945. The Morgan fingerprint density at radius 3 is 2.46 bits per heavy atom. The van der Waals surface area contributed by atoms with Crippen LogP contribution in [0.1, 0.15) is 17.1 Å². The van der Waals surface area contributed by atoms with Gasteiger partial charge in [-0.15, -0.1) is 0 Å². The number of para-hydroxylation sites is 2. The minimum atomic E-state index is 0.0925. The maximum absolute atomic E-state index is 9.29. The number of hydrogen-bond acceptors (Lipinski definition) is 7. The number of nitrogens with one attached hydrogen (secondary N) is 1. The normalized spacial score (nSPS) is 10.2. The first-order valence-corrected chi connectivity index (χ1v) is 8.76. The number of nitrogens with zero attached hydrogens (tertiary/aromatic N) is 2. The van der Waals surface area contributed by atoms with Gasteiger partial charge in [0.25, 0.3) is 0 Å². The molecular formula is C21H21N3O4. The van der Waals surface area contributed by atoms with Crippen molar-refractivity contribution in [3.63, 3.8) is 0 Å². The summed E-state index contributed by atoms with van der Waals surface area (Å²) in [4.78, 5) is 4.17. The Morgan fingerprint density at radius 2 is 1.79 bits per heavy atom. The molecule has 0 fully saturated rings. The zero-order chi connectivity index (χ0) is 19.8. The molecule has 0 saturated carbocycles. The lowest BCUT2D eigenvalue weighted by Crippen LogP contribution is -2.05. The van der Waals surface area contributed by atoms with Gasteiger partial charge in [-0.25, -0.2) is 0 Å². The number of anilines is 1. The summed E-state index contributed by atoms with van der Waals surface area (Å²) in [5.74, 6) is 2.67. The van der Waals surface area contributed by atoms with Crippen LogP contribution in [0, 0.1) is 11.3 Å². The maximum Gasteiger partial charge on any atom is 0.236 e. The van der Waals surface area contributed by atoms with Crippen molar-refractivity contribution in [3.05, 3.63) is 65.7 Å². The number of oxazole rings is 1. The third-order valence-electron chi connectivity index (χ3n) is 4.06. The Hall–Kier alpha value is -3.66. The fourth-order valence-electron chi connectivity index (χ4n) is 2.61. The second-order valence-corrected chi connectivity index (χ2v) is 5.86. The molecule has 1 heterocycles. The van der Waals surface area contributed by atoms with Crippen LogP contribution in [0.25, 0.3) is 0 Å². The molecule has 28 heavy (non-hydrogen) atoms. The monoisotopic (exact) mass is 379 g/mol. The molecule has 0 saturated heterocycles. The minimum absolute atomic E-state index is 0.0925. The van der Waals surface area contributed by atoms with E-state index in [1.807, 2.05) is 42.5 Å². The van der Waals surface area contributed by atoms with Crippen LogP contribution in [-0.4, -0.2) is 25.7 Å². The lowest BCUT2D eigenvalue weighted by molar-refractivity contribution is 0.251. The van der Waals surface area contributed by atoms with E-state index < -0.39 is 0 Å². The van der Waals surface area contributed by atoms with Crippen molar-refractivity contribution in [2.24, 2.45) is 0 Å². The summed E-state index contributed by atoms with van der Waals surface area (Å²) in [6.07, 6.45) is 0.766. The molecule has 0 bridgehead atoms. The van der Waals surface area contributed by atoms with Gasteiger partial charge in [0.1, 0.15) is 11.8 Å². The van der Waals surface area contributed by atoms with Gasteiger partial charge in [-0.3, -0.25) is 0 Å². The molecule has 2 aromatic carbocycles. The largest absolute Gasteiger partial charge is 0.497 e. The summed E-state index contributed by atoms with van der Waals surface area (Å²) in [5, 5.41) is 12.4. The highest BCUT2D eigenvalue weighted by Gasteiger charge is 2.14. The summed E-state index contributed by atoms with van der Waals surface area (Å²) < 4.78 is 21.7. The first-order chi connectivity index (χ1) is 13.7. The van der Waals surface area contributed by atoms with Crippen LogP contribution in [0.4, 0.5) is 5.88 Å². The number of nitriles is 1. The lowest BCUT2D eigenvalue weighted by Gasteiger charge is -2.08. The van der Waals surface area contributed by atoms with Crippen LogP contribution in [-0.2, 0) is 13.0 Å². The van der Waals surface area contributed by atoms with Gasteiger partial charge in [0.2, 0.25) is 17.5 Å². The third kappa shape index (κ3) is 4.74. The molecule has 144 valence electrons. The third-order valence-corrected chi connectivity index (χ3v) is 4.06. The molecule has 7 nitrogen and oxygen atoms in total. The van der Waals surface area contributed by atoms with Gasteiger partial charge in [-0.2, -0.15) is 10.2 Å². The molecule has 0 aliphatic carbocycles. The van der Waals surface area contributed by atoms with Gasteiger partial charge in [0.15, 0.2) is 18.1 Å². The van der Waals surface area contributed by atoms with Crippen LogP contribution in [0.2, 0.25) is 0 Å². The Morgan fingerprint density at radius 1 is 1.04 bits per heavy atom. The van der Waals surface area contributed by atoms with Gasteiger partial charge >= 0.3 is 0 Å². The van der Waals surface area contributed by atoms with E-state index in [0.29, 0.717) is 29.8 Å². The number of benzene rings is 2. The minimum Gasteiger partial charge on any atom is -0.497 e. The fourth-order valence-corrected chi connectivity index (χ4v) is 2.61. The summed E-state index contributed by atoms with van der Waals surface area (Å²) in [6.45, 7) is 0.693. The lowest BCUT2D eigenvalue weighted by atomic mass is 10.1. The molecule has 0 amide bonds. The van der Waals surface area contributed by atoms with Crippen molar-refractivity contribution >= 4 is 5.88 Å². The number of hydrogen-bond donors (Lipinski definition) is 1. The number of aromatic nitrogens is 1. The van der Waals surface area contributed by atoms with Gasteiger partial charge in [0.05, 0.1) is 14.2 Å². The topological polar surface area (TPSA) is 89.5 Å². The smallest absolute Gasteiger partial charge is 0.236 e. The second kappa shape index (κ2) is 9.33. The highest BCUT2D eigenvalue weighted by atomic mass is 16.5. The van der Waals surface area contributed by atoms with E-state index in [1.165, 1.54) is 0 Å². The van der Waals surface area contributed by atoms with Crippen molar-refractivity contribution in [3.8, 4) is 23.3 Å². The van der Waals surface area contributed by atoms with E-state index >= 15 is 0 Å². The van der Waals surface area contributed by atoms with Gasteiger partial charge in [0, 0.05) is 6.54 Å². The van der Waals surface area contributed by atoms with Crippen molar-refractivity contribution in [2.75, 3.05) is 26.1 Å². The zero-order valence-corrected chi connectivity index (χ0v) is 15.8.